The smallest absolute Gasteiger partial charge is 0.498 e. The number of hydrogen-bond donors (Lipinski definition) is 0. The number of methoxy groups -OCH3 is 1. The first kappa shape index (κ1) is 17.2. The van der Waals surface area contributed by atoms with E-state index in [0.29, 0.717) is 10.2 Å². The van der Waals surface area contributed by atoms with Crippen LogP contribution in [0, 0.1) is 26.4 Å². The van der Waals surface area contributed by atoms with Gasteiger partial charge in [-0.1, -0.05) is 22.0 Å². The molecular formula is C8H6BrCsN2O5. The van der Waals surface area contributed by atoms with Gasteiger partial charge in [-0.05, 0) is 5.56 Å². The predicted molar refractivity (Wildman–Crippen MR) is 57.0 cm³/mol. The summed E-state index contributed by atoms with van der Waals surface area (Å²) in [7, 11) is 1.42. The zero-order valence-electron chi connectivity index (χ0n) is 9.05. The largest absolute Gasteiger partial charge is 1.00 e. The summed E-state index contributed by atoms with van der Waals surface area (Å²) >= 11 is 3.09. The van der Waals surface area contributed by atoms with Crippen molar-refractivity contribution in [1.82, 2.24) is 0 Å². The van der Waals surface area contributed by atoms with Gasteiger partial charge in [-0.15, -0.1) is 12.1 Å². The number of halogens is 1. The molecule has 0 aromatic heterocycles. The van der Waals surface area contributed by atoms with Crippen LogP contribution >= 0.6 is 15.9 Å². The number of nitro groups is 2. The predicted octanol–water partition coefficient (Wildman–Crippen LogP) is -1.15. The van der Waals surface area contributed by atoms with Crippen molar-refractivity contribution in [2.24, 2.45) is 0 Å². The number of ether oxygens (including phenoxy) is 1. The molecule has 0 aliphatic rings. The van der Waals surface area contributed by atoms with Crippen LogP contribution in [0.25, 0.3) is 0 Å². The maximum absolute atomic E-state index is 10.5. The van der Waals surface area contributed by atoms with Crippen LogP contribution < -0.4 is 73.6 Å². The van der Waals surface area contributed by atoms with Gasteiger partial charge in [0.2, 0.25) is 0 Å². The van der Waals surface area contributed by atoms with Crippen LogP contribution in [0.3, 0.4) is 0 Å². The quantitative estimate of drug-likeness (QED) is 0.347. The monoisotopic (exact) mass is 422 g/mol. The molecule has 0 atom stereocenters. The molecule has 0 amide bonds. The fourth-order valence-corrected chi connectivity index (χ4v) is 1.62. The molecule has 0 N–H and O–H groups in total. The van der Waals surface area contributed by atoms with Crippen molar-refractivity contribution in [1.29, 1.82) is 0 Å². The van der Waals surface area contributed by atoms with Crippen molar-refractivity contribution in [3.8, 4) is 5.75 Å². The average Bonchev–Trinajstić information content (AvgIpc) is 2.16. The first-order chi connectivity index (χ1) is 7.47. The van der Waals surface area contributed by atoms with E-state index in [1.165, 1.54) is 25.3 Å². The van der Waals surface area contributed by atoms with Crippen LogP contribution in [0.4, 0.5) is 0 Å². The first-order valence-corrected chi connectivity index (χ1v) is 4.76. The molecule has 0 heterocycles. The SMILES string of the molecule is COc1ccc([C-]([N+](=O)[O-])[N+](=O)[O-])cc1Br.[Cs+]. The van der Waals surface area contributed by atoms with Crippen molar-refractivity contribution in [3.05, 3.63) is 54.6 Å². The van der Waals surface area contributed by atoms with Crippen molar-refractivity contribution in [3.63, 3.8) is 0 Å². The summed E-state index contributed by atoms with van der Waals surface area (Å²) in [6, 6.07) is 3.93. The molecular weight excluding hydrogens is 417 g/mol. The molecule has 0 saturated heterocycles. The van der Waals surface area contributed by atoms with E-state index in [1.54, 1.807) is 0 Å². The summed E-state index contributed by atoms with van der Waals surface area (Å²) < 4.78 is 5.32. The van der Waals surface area contributed by atoms with Gasteiger partial charge in [-0.2, -0.15) is 0 Å². The molecule has 0 radical (unpaired) electrons. The fraction of sp³-hybridized carbons (Fsp3) is 0.125. The molecule has 86 valence electrons. The fourth-order valence-electron chi connectivity index (χ4n) is 1.08. The Labute approximate surface area is 164 Å². The van der Waals surface area contributed by atoms with Gasteiger partial charge in [0.05, 0.1) is 17.0 Å². The van der Waals surface area contributed by atoms with Gasteiger partial charge in [0.15, 0.2) is 0 Å². The van der Waals surface area contributed by atoms with Gasteiger partial charge in [0.1, 0.15) is 5.75 Å². The van der Waals surface area contributed by atoms with E-state index in [1.807, 2.05) is 0 Å². The molecule has 1 aromatic rings. The Hall–Kier alpha value is 0.222. The summed E-state index contributed by atoms with van der Waals surface area (Å²) in [6.45, 7) is 0. The molecule has 7 nitrogen and oxygen atoms in total. The van der Waals surface area contributed by atoms with Crippen LogP contribution in [0.5, 0.6) is 5.75 Å². The van der Waals surface area contributed by atoms with Gasteiger partial charge < -0.3 is 4.74 Å². The van der Waals surface area contributed by atoms with Gasteiger partial charge in [0.25, 0.3) is 0 Å². The summed E-state index contributed by atoms with van der Waals surface area (Å²) in [4.78, 5) is 18.9. The molecule has 17 heavy (non-hydrogen) atoms. The second-order valence-corrected chi connectivity index (χ2v) is 3.54. The van der Waals surface area contributed by atoms with E-state index in [0.717, 1.165) is 0 Å². The number of nitrogens with zero attached hydrogens (tertiary/aromatic N) is 2. The molecule has 0 fully saturated rings. The van der Waals surface area contributed by atoms with Crippen LogP contribution in [0.1, 0.15) is 5.56 Å². The van der Waals surface area contributed by atoms with E-state index in [9.17, 15) is 20.2 Å². The zero-order valence-corrected chi connectivity index (χ0v) is 16.9. The summed E-state index contributed by atoms with van der Waals surface area (Å²) in [5.74, 6) is 0.440. The number of benzene rings is 1. The second-order valence-electron chi connectivity index (χ2n) is 2.69. The zero-order chi connectivity index (χ0) is 12.3. The maximum atomic E-state index is 10.5. The minimum atomic E-state index is -1.07. The van der Waals surface area contributed by atoms with Gasteiger partial charge in [-0.25, -0.2) is 0 Å². The molecule has 0 aliphatic heterocycles. The molecule has 0 bridgehead atoms. The van der Waals surface area contributed by atoms with E-state index in [4.69, 9.17) is 4.74 Å². The first-order valence-electron chi connectivity index (χ1n) is 3.97. The van der Waals surface area contributed by atoms with Crippen LogP contribution in [0.15, 0.2) is 22.7 Å². The van der Waals surface area contributed by atoms with Crippen molar-refractivity contribution in [2.45, 2.75) is 0 Å². The molecule has 0 aliphatic carbocycles. The average molecular weight is 423 g/mol. The molecule has 0 saturated carbocycles. The number of rotatable bonds is 4. The third kappa shape index (κ3) is 4.43. The second kappa shape index (κ2) is 7.61. The Morgan fingerprint density at radius 3 is 2.18 bits per heavy atom. The van der Waals surface area contributed by atoms with Gasteiger partial charge in [-0.3, -0.25) is 20.2 Å². The standard InChI is InChI=1S/C8H6BrN2O5.Cs/c1-16-7-3-2-5(4-6(7)9)8(10(12)13)11(14)15;/h2-4H,1H3;/q-1;+1. The Morgan fingerprint density at radius 2 is 1.82 bits per heavy atom. The van der Waals surface area contributed by atoms with E-state index in [-0.39, 0.29) is 74.5 Å². The molecule has 1 aromatic carbocycles. The van der Waals surface area contributed by atoms with E-state index >= 15 is 0 Å². The molecule has 0 spiro atoms. The normalized spacial score (nSPS) is 9.06. The molecule has 1 rings (SSSR count). The summed E-state index contributed by atoms with van der Waals surface area (Å²) in [5, 5.41) is 21.0. The Bertz CT molecular complexity index is 428. The summed E-state index contributed by atoms with van der Waals surface area (Å²) in [5.41, 5.74) is -0.0947. The Balaban J connectivity index is 0.00000256. The van der Waals surface area contributed by atoms with Crippen LogP contribution in [0.2, 0.25) is 0 Å². The van der Waals surface area contributed by atoms with E-state index < -0.39 is 16.0 Å². The van der Waals surface area contributed by atoms with Gasteiger partial charge in [0, 0.05) is 4.47 Å². The molecule has 0 unspecified atom stereocenters. The van der Waals surface area contributed by atoms with Gasteiger partial charge >= 0.3 is 75.1 Å². The van der Waals surface area contributed by atoms with Crippen molar-refractivity contribution < 1.29 is 83.5 Å². The Kier molecular flexibility index (Phi) is 7.71. The third-order valence-corrected chi connectivity index (χ3v) is 2.38. The molecule has 9 heteroatoms. The number of hydrogen-bond acceptors (Lipinski definition) is 5. The Morgan fingerprint density at radius 1 is 1.29 bits per heavy atom. The topological polar surface area (TPSA) is 95.5 Å². The minimum Gasteiger partial charge on any atom is -0.498 e. The van der Waals surface area contributed by atoms with Crippen molar-refractivity contribution in [2.75, 3.05) is 7.11 Å². The van der Waals surface area contributed by atoms with Crippen LogP contribution in [-0.4, -0.2) is 17.0 Å². The minimum absolute atomic E-state index is 0. The maximum Gasteiger partial charge on any atom is 1.00 e. The third-order valence-electron chi connectivity index (χ3n) is 1.76. The summed E-state index contributed by atoms with van der Waals surface area (Å²) in [6.07, 6.45) is -1.07. The van der Waals surface area contributed by atoms with Crippen molar-refractivity contribution >= 4 is 15.9 Å². The van der Waals surface area contributed by atoms with Crippen LogP contribution in [-0.2, 0) is 0 Å². The van der Waals surface area contributed by atoms with E-state index in [2.05, 4.69) is 15.9 Å².